The van der Waals surface area contributed by atoms with Gasteiger partial charge in [0.2, 0.25) is 5.91 Å². The number of nitrogens with two attached hydrogens (primary N) is 1. The molecule has 0 bridgehead atoms. The molecule has 2 aromatic heterocycles. The van der Waals surface area contributed by atoms with Gasteiger partial charge >= 0.3 is 0 Å². The maximum Gasteiger partial charge on any atom is 0.255 e. The van der Waals surface area contributed by atoms with Gasteiger partial charge in [-0.2, -0.15) is 0 Å². The Labute approximate surface area is 239 Å². The number of halogens is 1. The molecule has 0 unspecified atom stereocenters. The van der Waals surface area contributed by atoms with Gasteiger partial charge in [0.05, 0.1) is 11.1 Å². The van der Waals surface area contributed by atoms with E-state index >= 15 is 0 Å². The topological polar surface area (TPSA) is 132 Å². The van der Waals surface area contributed by atoms with Crippen LogP contribution in [0.2, 0.25) is 0 Å². The molecule has 0 atom stereocenters. The molecule has 0 saturated carbocycles. The first-order valence-electron chi connectivity index (χ1n) is 12.4. The molecule has 0 fully saturated rings. The molecule has 0 spiro atoms. The summed E-state index contributed by atoms with van der Waals surface area (Å²) in [5.74, 6) is 0.852. The number of anilines is 3. The van der Waals surface area contributed by atoms with Gasteiger partial charge in [0, 0.05) is 27.0 Å². The molecular weight excluding hydrogens is 572 g/mol. The first-order chi connectivity index (χ1) is 19.3. The molecule has 4 N–H and O–H groups in total. The maximum absolute atomic E-state index is 13.1. The van der Waals surface area contributed by atoms with Gasteiger partial charge in [0.25, 0.3) is 5.91 Å². The second kappa shape index (κ2) is 11.5. The minimum Gasteiger partial charge on any atom is -0.455 e. The second-order valence-electron chi connectivity index (χ2n) is 9.27. The Morgan fingerprint density at radius 3 is 2.33 bits per heavy atom. The average Bonchev–Trinajstić information content (AvgIpc) is 2.95. The Balaban J connectivity index is 1.51. The SMILES string of the molecule is CC(C)c1ccc2c(Nc3cc(C(=O)Nc4ccc(Br)cc4)ccc3Oc3ccc(C(N)=O)cc3)ncnc2n1. The molecule has 9 nitrogen and oxygen atoms in total. The van der Waals surface area contributed by atoms with E-state index in [1.807, 2.05) is 24.3 Å². The molecule has 10 heteroatoms. The molecule has 3 aromatic carbocycles. The Hall–Kier alpha value is -4.83. The summed E-state index contributed by atoms with van der Waals surface area (Å²) in [5, 5.41) is 6.92. The Kier molecular flexibility index (Phi) is 7.70. The number of fused-ring (bicyclic) bond motifs is 1. The quantitative estimate of drug-likeness (QED) is 0.179. The molecule has 5 rings (SSSR count). The van der Waals surface area contributed by atoms with Crippen molar-refractivity contribution in [1.29, 1.82) is 0 Å². The van der Waals surface area contributed by atoms with Crippen LogP contribution in [0.15, 0.2) is 89.7 Å². The number of nitrogens with one attached hydrogen (secondary N) is 2. The molecule has 0 saturated heterocycles. The summed E-state index contributed by atoms with van der Waals surface area (Å²) in [6, 6.07) is 22.7. The van der Waals surface area contributed by atoms with Gasteiger partial charge in [0.15, 0.2) is 11.4 Å². The summed E-state index contributed by atoms with van der Waals surface area (Å²) in [5.41, 5.74) is 8.76. The number of ether oxygens (including phenoxy) is 1. The van der Waals surface area contributed by atoms with Gasteiger partial charge in [-0.05, 0) is 84.8 Å². The Bertz CT molecular complexity index is 1710. The van der Waals surface area contributed by atoms with Crippen molar-refractivity contribution in [3.63, 3.8) is 0 Å². The zero-order valence-electron chi connectivity index (χ0n) is 21.7. The molecule has 0 radical (unpaired) electrons. The fraction of sp³-hybridized carbons (Fsp3) is 0.100. The lowest BCUT2D eigenvalue weighted by molar-refractivity contribution is 0.0997. The zero-order valence-corrected chi connectivity index (χ0v) is 23.3. The van der Waals surface area contributed by atoms with Gasteiger partial charge < -0.3 is 21.1 Å². The molecule has 0 aliphatic heterocycles. The monoisotopic (exact) mass is 596 g/mol. The number of rotatable bonds is 8. The maximum atomic E-state index is 13.1. The van der Waals surface area contributed by atoms with Crippen LogP contribution in [0, 0.1) is 0 Å². The van der Waals surface area contributed by atoms with Crippen molar-refractivity contribution in [2.75, 3.05) is 10.6 Å². The third-order valence-corrected chi connectivity index (χ3v) is 6.60. The third-order valence-electron chi connectivity index (χ3n) is 6.07. The first-order valence-corrected chi connectivity index (χ1v) is 13.2. The number of hydrogen-bond donors (Lipinski definition) is 3. The summed E-state index contributed by atoms with van der Waals surface area (Å²) < 4.78 is 7.05. The van der Waals surface area contributed by atoms with Crippen molar-refractivity contribution in [3.05, 3.63) is 106 Å². The lowest BCUT2D eigenvalue weighted by atomic mass is 10.1. The number of amides is 2. The van der Waals surface area contributed by atoms with E-state index in [-0.39, 0.29) is 11.8 Å². The lowest BCUT2D eigenvalue weighted by Gasteiger charge is -2.16. The van der Waals surface area contributed by atoms with Crippen LogP contribution in [0.25, 0.3) is 11.0 Å². The van der Waals surface area contributed by atoms with Crippen LogP contribution in [0.4, 0.5) is 17.2 Å². The summed E-state index contributed by atoms with van der Waals surface area (Å²) in [6.07, 6.45) is 1.44. The van der Waals surface area contributed by atoms with E-state index in [1.165, 1.54) is 6.33 Å². The highest BCUT2D eigenvalue weighted by atomic mass is 79.9. The van der Waals surface area contributed by atoms with Gasteiger partial charge in [0.1, 0.15) is 17.9 Å². The van der Waals surface area contributed by atoms with Crippen molar-refractivity contribution >= 4 is 56.0 Å². The highest BCUT2D eigenvalue weighted by molar-refractivity contribution is 9.10. The number of carbonyl (C=O) groups is 2. The highest BCUT2D eigenvalue weighted by Gasteiger charge is 2.15. The number of benzene rings is 3. The molecule has 40 heavy (non-hydrogen) atoms. The molecular formula is C30H25BrN6O3. The van der Waals surface area contributed by atoms with Crippen LogP contribution < -0.4 is 21.1 Å². The summed E-state index contributed by atoms with van der Waals surface area (Å²) in [7, 11) is 0. The smallest absolute Gasteiger partial charge is 0.255 e. The molecule has 5 aromatic rings. The van der Waals surface area contributed by atoms with E-state index in [9.17, 15) is 9.59 Å². The van der Waals surface area contributed by atoms with E-state index in [0.717, 1.165) is 10.2 Å². The summed E-state index contributed by atoms with van der Waals surface area (Å²) >= 11 is 3.40. The Morgan fingerprint density at radius 2 is 1.62 bits per heavy atom. The second-order valence-corrected chi connectivity index (χ2v) is 10.2. The minimum absolute atomic E-state index is 0.248. The van der Waals surface area contributed by atoms with E-state index in [4.69, 9.17) is 10.5 Å². The predicted octanol–water partition coefficient (Wildman–Crippen LogP) is 6.80. The molecule has 0 aliphatic carbocycles. The molecule has 2 amide bonds. The zero-order chi connectivity index (χ0) is 28.2. The van der Waals surface area contributed by atoms with Crippen LogP contribution in [0.3, 0.4) is 0 Å². The number of carbonyl (C=O) groups excluding carboxylic acids is 2. The average molecular weight is 597 g/mol. The van der Waals surface area contributed by atoms with Crippen molar-refractivity contribution < 1.29 is 14.3 Å². The van der Waals surface area contributed by atoms with Gasteiger partial charge in [-0.15, -0.1) is 0 Å². The van der Waals surface area contributed by atoms with Crippen molar-refractivity contribution in [3.8, 4) is 11.5 Å². The fourth-order valence-electron chi connectivity index (χ4n) is 3.91. The van der Waals surface area contributed by atoms with Gasteiger partial charge in [-0.1, -0.05) is 29.8 Å². The van der Waals surface area contributed by atoms with Crippen LogP contribution in [-0.4, -0.2) is 26.8 Å². The van der Waals surface area contributed by atoms with Crippen molar-refractivity contribution in [1.82, 2.24) is 15.0 Å². The number of nitrogens with zero attached hydrogens (tertiary/aromatic N) is 3. The first kappa shape index (κ1) is 26.8. The van der Waals surface area contributed by atoms with Crippen molar-refractivity contribution in [2.24, 2.45) is 5.73 Å². The van der Waals surface area contributed by atoms with E-state index in [2.05, 4.69) is 55.4 Å². The van der Waals surface area contributed by atoms with E-state index in [0.29, 0.717) is 50.9 Å². The summed E-state index contributed by atoms with van der Waals surface area (Å²) in [4.78, 5) is 38.0. The van der Waals surface area contributed by atoms with E-state index in [1.54, 1.807) is 54.6 Å². The summed E-state index contributed by atoms with van der Waals surface area (Å²) in [6.45, 7) is 4.14. The van der Waals surface area contributed by atoms with Crippen LogP contribution in [-0.2, 0) is 0 Å². The fourth-order valence-corrected chi connectivity index (χ4v) is 4.18. The van der Waals surface area contributed by atoms with Gasteiger partial charge in [-0.25, -0.2) is 15.0 Å². The third kappa shape index (κ3) is 6.08. The number of hydrogen-bond acceptors (Lipinski definition) is 7. The predicted molar refractivity (Wildman–Crippen MR) is 158 cm³/mol. The normalized spacial score (nSPS) is 10.9. The minimum atomic E-state index is -0.528. The molecule has 200 valence electrons. The standard InChI is InChI=1S/C30H25BrN6O3/c1-17(2)24-13-12-23-28(36-24)33-16-34-29(23)37-25-15-19(30(39)35-21-8-6-20(31)7-9-21)5-14-26(25)40-22-10-3-18(4-11-22)27(32)38/h3-17H,1-2H3,(H2,32,38)(H,35,39)(H,33,34,36,37). The lowest BCUT2D eigenvalue weighted by Crippen LogP contribution is -2.12. The highest BCUT2D eigenvalue weighted by Crippen LogP contribution is 2.34. The largest absolute Gasteiger partial charge is 0.455 e. The van der Waals surface area contributed by atoms with Crippen LogP contribution in [0.1, 0.15) is 46.2 Å². The van der Waals surface area contributed by atoms with Crippen LogP contribution in [0.5, 0.6) is 11.5 Å². The van der Waals surface area contributed by atoms with Crippen LogP contribution >= 0.6 is 15.9 Å². The molecule has 2 heterocycles. The Morgan fingerprint density at radius 1 is 0.900 bits per heavy atom. The number of primary amides is 1. The molecule has 0 aliphatic rings. The number of aromatic nitrogens is 3. The number of pyridine rings is 1. The van der Waals surface area contributed by atoms with Crippen molar-refractivity contribution in [2.45, 2.75) is 19.8 Å². The van der Waals surface area contributed by atoms with E-state index < -0.39 is 5.91 Å². The van der Waals surface area contributed by atoms with Gasteiger partial charge in [-0.3, -0.25) is 9.59 Å².